The number of aryl methyl sites for hydroxylation is 1. The van der Waals surface area contributed by atoms with Gasteiger partial charge in [0.1, 0.15) is 6.54 Å². The molecule has 2 rings (SSSR count). The fraction of sp³-hybridized carbons (Fsp3) is 0.273. The number of benzene rings is 1. The zero-order chi connectivity index (χ0) is 10.7. The SMILES string of the molecule is CCc1ccc(NC2=NCC(=O)N2)cc1. The highest BCUT2D eigenvalue weighted by atomic mass is 16.2. The van der Waals surface area contributed by atoms with E-state index < -0.39 is 0 Å². The van der Waals surface area contributed by atoms with Gasteiger partial charge < -0.3 is 5.32 Å². The maximum Gasteiger partial charge on any atom is 0.248 e. The Bertz CT molecular complexity index is 395. The first-order chi connectivity index (χ1) is 7.28. The van der Waals surface area contributed by atoms with Crippen LogP contribution in [0.1, 0.15) is 12.5 Å². The molecular weight excluding hydrogens is 190 g/mol. The summed E-state index contributed by atoms with van der Waals surface area (Å²) in [6.07, 6.45) is 1.03. The van der Waals surface area contributed by atoms with Gasteiger partial charge in [0.25, 0.3) is 0 Å². The second-order valence-corrected chi connectivity index (χ2v) is 3.39. The molecule has 4 nitrogen and oxygen atoms in total. The number of hydrogen-bond donors (Lipinski definition) is 2. The van der Waals surface area contributed by atoms with Crippen molar-refractivity contribution < 1.29 is 4.79 Å². The van der Waals surface area contributed by atoms with Crippen LogP contribution in [0.5, 0.6) is 0 Å². The number of anilines is 1. The van der Waals surface area contributed by atoms with Crippen LogP contribution in [0.3, 0.4) is 0 Å². The Morgan fingerprint density at radius 2 is 2.13 bits per heavy atom. The Hall–Kier alpha value is -1.84. The number of hydrogen-bond acceptors (Lipinski definition) is 3. The van der Waals surface area contributed by atoms with E-state index in [1.807, 2.05) is 12.1 Å². The molecule has 0 unspecified atom stereocenters. The van der Waals surface area contributed by atoms with Crippen molar-refractivity contribution in [2.45, 2.75) is 13.3 Å². The summed E-state index contributed by atoms with van der Waals surface area (Å²) in [5, 5.41) is 5.67. The van der Waals surface area contributed by atoms with Crippen molar-refractivity contribution in [2.75, 3.05) is 11.9 Å². The van der Waals surface area contributed by atoms with Crippen molar-refractivity contribution in [3.63, 3.8) is 0 Å². The number of rotatable bonds is 2. The normalized spacial score (nSPS) is 14.7. The quantitative estimate of drug-likeness (QED) is 0.757. The van der Waals surface area contributed by atoms with Crippen LogP contribution in [0.15, 0.2) is 29.3 Å². The van der Waals surface area contributed by atoms with Crippen LogP contribution in [0, 0.1) is 0 Å². The van der Waals surface area contributed by atoms with Crippen molar-refractivity contribution in [1.29, 1.82) is 0 Å². The van der Waals surface area contributed by atoms with Crippen LogP contribution < -0.4 is 10.6 Å². The lowest BCUT2D eigenvalue weighted by molar-refractivity contribution is -0.117. The molecule has 0 saturated carbocycles. The van der Waals surface area contributed by atoms with Crippen molar-refractivity contribution in [3.8, 4) is 0 Å². The highest BCUT2D eigenvalue weighted by Gasteiger charge is 2.12. The third-order valence-corrected chi connectivity index (χ3v) is 2.26. The van der Waals surface area contributed by atoms with E-state index >= 15 is 0 Å². The number of carbonyl (C=O) groups excluding carboxylic acids is 1. The number of aliphatic imine (C=N–C) groups is 1. The van der Waals surface area contributed by atoms with Crippen molar-refractivity contribution >= 4 is 17.6 Å². The van der Waals surface area contributed by atoms with E-state index in [1.54, 1.807) is 0 Å². The standard InChI is InChI=1S/C11H13N3O/c1-2-8-3-5-9(6-4-8)13-11-12-7-10(15)14-11/h3-6H,2,7H2,1H3,(H2,12,13,14,15). The van der Waals surface area contributed by atoms with Crippen LogP contribution in [-0.2, 0) is 11.2 Å². The molecule has 2 N–H and O–H groups in total. The summed E-state index contributed by atoms with van der Waals surface area (Å²) >= 11 is 0. The summed E-state index contributed by atoms with van der Waals surface area (Å²) in [4.78, 5) is 14.9. The summed E-state index contributed by atoms with van der Waals surface area (Å²) in [6, 6.07) is 8.07. The molecule has 0 aliphatic carbocycles. The minimum atomic E-state index is -0.0670. The Morgan fingerprint density at radius 3 is 2.67 bits per heavy atom. The van der Waals surface area contributed by atoms with E-state index in [4.69, 9.17) is 0 Å². The molecule has 1 aliphatic rings. The second-order valence-electron chi connectivity index (χ2n) is 3.39. The molecule has 0 saturated heterocycles. The van der Waals surface area contributed by atoms with Gasteiger partial charge in [0.2, 0.25) is 11.9 Å². The van der Waals surface area contributed by atoms with Gasteiger partial charge in [0.15, 0.2) is 0 Å². The summed E-state index contributed by atoms with van der Waals surface area (Å²) < 4.78 is 0. The Balaban J connectivity index is 2.02. The van der Waals surface area contributed by atoms with Gasteiger partial charge in [-0.05, 0) is 24.1 Å². The molecule has 0 atom stereocenters. The monoisotopic (exact) mass is 203 g/mol. The first-order valence-electron chi connectivity index (χ1n) is 4.98. The zero-order valence-corrected chi connectivity index (χ0v) is 8.58. The maximum atomic E-state index is 10.9. The average Bonchev–Trinajstić information content (AvgIpc) is 2.65. The van der Waals surface area contributed by atoms with Gasteiger partial charge in [-0.3, -0.25) is 10.1 Å². The van der Waals surface area contributed by atoms with E-state index in [2.05, 4.69) is 34.7 Å². The number of amides is 1. The van der Waals surface area contributed by atoms with Crippen LogP contribution >= 0.6 is 0 Å². The smallest absolute Gasteiger partial charge is 0.248 e. The molecule has 1 amide bonds. The molecule has 1 heterocycles. The van der Waals surface area contributed by atoms with Gasteiger partial charge in [0, 0.05) is 5.69 Å². The summed E-state index contributed by atoms with van der Waals surface area (Å²) in [7, 11) is 0. The van der Waals surface area contributed by atoms with E-state index in [0.717, 1.165) is 12.1 Å². The molecule has 0 spiro atoms. The Kier molecular flexibility index (Phi) is 2.67. The van der Waals surface area contributed by atoms with E-state index in [1.165, 1.54) is 5.56 Å². The predicted molar refractivity (Wildman–Crippen MR) is 59.9 cm³/mol. The lowest BCUT2D eigenvalue weighted by Crippen LogP contribution is -2.30. The number of nitrogens with one attached hydrogen (secondary N) is 2. The summed E-state index contributed by atoms with van der Waals surface area (Å²) in [6.45, 7) is 2.33. The highest BCUT2D eigenvalue weighted by molar-refractivity contribution is 6.08. The Morgan fingerprint density at radius 1 is 1.40 bits per heavy atom. The molecule has 4 heteroatoms. The van der Waals surface area contributed by atoms with E-state index in [0.29, 0.717) is 5.96 Å². The third-order valence-electron chi connectivity index (χ3n) is 2.26. The van der Waals surface area contributed by atoms with Gasteiger partial charge in [-0.1, -0.05) is 19.1 Å². The van der Waals surface area contributed by atoms with Crippen molar-refractivity contribution in [1.82, 2.24) is 5.32 Å². The molecule has 78 valence electrons. The van der Waals surface area contributed by atoms with Gasteiger partial charge in [-0.2, -0.15) is 0 Å². The first kappa shape index (κ1) is 9.71. The zero-order valence-electron chi connectivity index (χ0n) is 8.58. The number of carbonyl (C=O) groups is 1. The highest BCUT2D eigenvalue weighted by Crippen LogP contribution is 2.10. The number of nitrogens with zero attached hydrogens (tertiary/aromatic N) is 1. The van der Waals surface area contributed by atoms with Gasteiger partial charge in [-0.15, -0.1) is 0 Å². The van der Waals surface area contributed by atoms with Crippen LogP contribution in [-0.4, -0.2) is 18.4 Å². The molecule has 1 aromatic carbocycles. The van der Waals surface area contributed by atoms with E-state index in [-0.39, 0.29) is 12.5 Å². The predicted octanol–water partition coefficient (Wildman–Crippen LogP) is 1.15. The second kappa shape index (κ2) is 4.13. The summed E-state index contributed by atoms with van der Waals surface area (Å²) in [5.41, 5.74) is 2.23. The van der Waals surface area contributed by atoms with E-state index in [9.17, 15) is 4.79 Å². The van der Waals surface area contributed by atoms with Crippen molar-refractivity contribution in [2.24, 2.45) is 4.99 Å². The van der Waals surface area contributed by atoms with Crippen LogP contribution in [0.4, 0.5) is 5.69 Å². The number of guanidine groups is 1. The molecule has 15 heavy (non-hydrogen) atoms. The Labute approximate surface area is 88.4 Å². The average molecular weight is 203 g/mol. The lowest BCUT2D eigenvalue weighted by atomic mass is 10.1. The molecular formula is C11H13N3O. The van der Waals surface area contributed by atoms with Gasteiger partial charge >= 0.3 is 0 Å². The fourth-order valence-corrected chi connectivity index (χ4v) is 1.39. The van der Waals surface area contributed by atoms with Crippen molar-refractivity contribution in [3.05, 3.63) is 29.8 Å². The molecule has 0 bridgehead atoms. The topological polar surface area (TPSA) is 53.5 Å². The fourth-order valence-electron chi connectivity index (χ4n) is 1.39. The minimum Gasteiger partial charge on any atom is -0.326 e. The van der Waals surface area contributed by atoms with Crippen LogP contribution in [0.25, 0.3) is 0 Å². The molecule has 0 fully saturated rings. The first-order valence-corrected chi connectivity index (χ1v) is 4.98. The lowest BCUT2D eigenvalue weighted by Gasteiger charge is -2.06. The minimum absolute atomic E-state index is 0.0670. The molecule has 1 aromatic rings. The van der Waals surface area contributed by atoms with Crippen LogP contribution in [0.2, 0.25) is 0 Å². The molecule has 0 aromatic heterocycles. The van der Waals surface area contributed by atoms with Gasteiger partial charge in [-0.25, -0.2) is 4.99 Å². The third kappa shape index (κ3) is 2.34. The molecule has 1 aliphatic heterocycles. The summed E-state index contributed by atoms with van der Waals surface area (Å²) in [5.74, 6) is 0.465. The maximum absolute atomic E-state index is 10.9. The molecule has 0 radical (unpaired) electrons. The largest absolute Gasteiger partial charge is 0.326 e. The van der Waals surface area contributed by atoms with Gasteiger partial charge in [0.05, 0.1) is 0 Å².